The number of carbonyl (C=O) groups is 2. The number of anilines is 2. The van der Waals surface area contributed by atoms with Crippen LogP contribution in [-0.4, -0.2) is 30.8 Å². The molecule has 0 fully saturated rings. The van der Waals surface area contributed by atoms with Crippen molar-refractivity contribution in [3.8, 4) is 0 Å². The average Bonchev–Trinajstić information content (AvgIpc) is 2.96. The van der Waals surface area contributed by atoms with Gasteiger partial charge in [-0.1, -0.05) is 13.0 Å². The molecule has 0 saturated heterocycles. The molecule has 144 valence electrons. The number of thiophene rings is 1. The quantitative estimate of drug-likeness (QED) is 0.544. The Hall–Kier alpha value is -2.45. The van der Waals surface area contributed by atoms with Gasteiger partial charge < -0.3 is 20.1 Å². The minimum atomic E-state index is -0.397. The minimum absolute atomic E-state index is 0.310. The smallest absolute Gasteiger partial charge is 0.341 e. The predicted molar refractivity (Wildman–Crippen MR) is 112 cm³/mol. The Bertz CT molecular complexity index is 861. The number of esters is 2. The van der Waals surface area contributed by atoms with E-state index in [9.17, 15) is 9.59 Å². The highest BCUT2D eigenvalue weighted by atomic mass is 32.1. The Morgan fingerprint density at radius 1 is 1.19 bits per heavy atom. The maximum Gasteiger partial charge on any atom is 0.341 e. The van der Waals surface area contributed by atoms with Gasteiger partial charge in [0, 0.05) is 10.6 Å². The summed E-state index contributed by atoms with van der Waals surface area (Å²) in [5.74, 6) is -0.791. The van der Waals surface area contributed by atoms with Crippen LogP contribution in [0, 0.1) is 6.92 Å². The standard InChI is InChI=1S/C19H22N2O4S2/c1-5-14-11(3)27-16(15(14)18(23)24-4)21-19(26)20-13-9-7-8-12(10-13)17(22)25-6-2/h7-10H,5-6H2,1-4H3,(H2,20,21,26). The molecule has 0 saturated carbocycles. The number of benzene rings is 1. The first-order chi connectivity index (χ1) is 12.9. The summed E-state index contributed by atoms with van der Waals surface area (Å²) < 4.78 is 9.91. The third-order valence-corrected chi connectivity index (χ3v) is 5.08. The number of thiocarbonyl (C=S) groups is 1. The van der Waals surface area contributed by atoms with E-state index in [2.05, 4.69) is 10.6 Å². The third-order valence-electron chi connectivity index (χ3n) is 3.81. The Morgan fingerprint density at radius 2 is 1.93 bits per heavy atom. The van der Waals surface area contributed by atoms with E-state index in [0.717, 1.165) is 16.9 Å². The number of ether oxygens (including phenoxy) is 2. The fourth-order valence-electron chi connectivity index (χ4n) is 2.61. The zero-order valence-electron chi connectivity index (χ0n) is 15.7. The predicted octanol–water partition coefficient (Wildman–Crippen LogP) is 4.39. The second kappa shape index (κ2) is 9.48. The SMILES string of the molecule is CCOC(=O)c1cccc(NC(=S)Nc2sc(C)c(CC)c2C(=O)OC)c1. The van der Waals surface area contributed by atoms with Crippen molar-refractivity contribution in [3.05, 3.63) is 45.8 Å². The van der Waals surface area contributed by atoms with Crippen LogP contribution < -0.4 is 10.6 Å². The van der Waals surface area contributed by atoms with Crippen LogP contribution in [0.2, 0.25) is 0 Å². The molecule has 0 aliphatic heterocycles. The lowest BCUT2D eigenvalue weighted by molar-refractivity contribution is 0.0525. The molecule has 2 N–H and O–H groups in total. The number of carbonyl (C=O) groups excluding carboxylic acids is 2. The fraction of sp³-hybridized carbons (Fsp3) is 0.316. The van der Waals surface area contributed by atoms with Gasteiger partial charge in [-0.15, -0.1) is 11.3 Å². The molecule has 2 rings (SSSR count). The molecule has 2 aromatic rings. The zero-order chi connectivity index (χ0) is 20.0. The van der Waals surface area contributed by atoms with Gasteiger partial charge in [-0.3, -0.25) is 0 Å². The number of hydrogen-bond donors (Lipinski definition) is 2. The van der Waals surface area contributed by atoms with Gasteiger partial charge in [0.05, 0.1) is 24.8 Å². The lowest BCUT2D eigenvalue weighted by Gasteiger charge is -2.12. The van der Waals surface area contributed by atoms with Gasteiger partial charge in [-0.25, -0.2) is 9.59 Å². The molecule has 1 aromatic carbocycles. The first-order valence-corrected chi connectivity index (χ1v) is 9.69. The van der Waals surface area contributed by atoms with Crippen molar-refractivity contribution >= 4 is 51.3 Å². The Kier molecular flexibility index (Phi) is 7.32. The minimum Gasteiger partial charge on any atom is -0.465 e. The molecule has 0 radical (unpaired) electrons. The molecular formula is C19H22N2O4S2. The molecule has 6 nitrogen and oxygen atoms in total. The van der Waals surface area contributed by atoms with Gasteiger partial charge in [0.2, 0.25) is 0 Å². The zero-order valence-corrected chi connectivity index (χ0v) is 17.3. The van der Waals surface area contributed by atoms with Crippen LogP contribution in [0.15, 0.2) is 24.3 Å². The van der Waals surface area contributed by atoms with E-state index < -0.39 is 11.9 Å². The molecule has 0 amide bonds. The first kappa shape index (κ1) is 20.9. The second-order valence-electron chi connectivity index (χ2n) is 5.57. The van der Waals surface area contributed by atoms with Crippen molar-refractivity contribution in [2.45, 2.75) is 27.2 Å². The molecule has 0 spiro atoms. The van der Waals surface area contributed by atoms with Gasteiger partial charge >= 0.3 is 11.9 Å². The lowest BCUT2D eigenvalue weighted by atomic mass is 10.1. The van der Waals surface area contributed by atoms with Crippen molar-refractivity contribution in [1.29, 1.82) is 0 Å². The van der Waals surface area contributed by atoms with Gasteiger partial charge in [0.15, 0.2) is 5.11 Å². The maximum absolute atomic E-state index is 12.2. The molecule has 0 bridgehead atoms. The molecule has 27 heavy (non-hydrogen) atoms. The summed E-state index contributed by atoms with van der Waals surface area (Å²) in [4.78, 5) is 25.1. The van der Waals surface area contributed by atoms with Crippen molar-refractivity contribution in [2.75, 3.05) is 24.4 Å². The van der Waals surface area contributed by atoms with E-state index in [1.54, 1.807) is 31.2 Å². The highest BCUT2D eigenvalue weighted by Crippen LogP contribution is 2.34. The summed E-state index contributed by atoms with van der Waals surface area (Å²) in [6, 6.07) is 6.85. The number of rotatable bonds is 6. The number of nitrogens with one attached hydrogen (secondary N) is 2. The molecule has 8 heteroatoms. The Balaban J connectivity index is 2.18. The lowest BCUT2D eigenvalue weighted by Crippen LogP contribution is -2.20. The van der Waals surface area contributed by atoms with E-state index in [1.807, 2.05) is 13.8 Å². The van der Waals surface area contributed by atoms with Gasteiger partial charge in [0.25, 0.3) is 0 Å². The summed E-state index contributed by atoms with van der Waals surface area (Å²) in [5.41, 5.74) is 2.52. The van der Waals surface area contributed by atoms with Gasteiger partial charge in [-0.2, -0.15) is 0 Å². The molecular weight excluding hydrogens is 384 g/mol. The van der Waals surface area contributed by atoms with Crippen molar-refractivity contribution in [3.63, 3.8) is 0 Å². The second-order valence-corrected chi connectivity index (χ2v) is 7.20. The molecule has 0 aliphatic carbocycles. The topological polar surface area (TPSA) is 76.7 Å². The molecule has 1 heterocycles. The van der Waals surface area contributed by atoms with Crippen molar-refractivity contribution < 1.29 is 19.1 Å². The van der Waals surface area contributed by atoms with Crippen LogP contribution >= 0.6 is 23.6 Å². The monoisotopic (exact) mass is 406 g/mol. The van der Waals surface area contributed by atoms with E-state index >= 15 is 0 Å². The normalized spacial score (nSPS) is 10.2. The number of hydrogen-bond acceptors (Lipinski definition) is 6. The summed E-state index contributed by atoms with van der Waals surface area (Å²) >= 11 is 6.81. The highest BCUT2D eigenvalue weighted by Gasteiger charge is 2.22. The Labute approximate surface area is 167 Å². The third kappa shape index (κ3) is 5.05. The van der Waals surface area contributed by atoms with Crippen LogP contribution in [0.3, 0.4) is 0 Å². The van der Waals surface area contributed by atoms with Crippen LogP contribution in [0.4, 0.5) is 10.7 Å². The summed E-state index contributed by atoms with van der Waals surface area (Å²) in [5, 5.41) is 7.04. The maximum atomic E-state index is 12.2. The highest BCUT2D eigenvalue weighted by molar-refractivity contribution is 7.80. The largest absolute Gasteiger partial charge is 0.465 e. The number of methoxy groups -OCH3 is 1. The molecule has 0 atom stereocenters. The van der Waals surface area contributed by atoms with Crippen LogP contribution in [0.5, 0.6) is 0 Å². The molecule has 0 aliphatic rings. The summed E-state index contributed by atoms with van der Waals surface area (Å²) in [6.07, 6.45) is 0.718. The average molecular weight is 407 g/mol. The Morgan fingerprint density at radius 3 is 2.56 bits per heavy atom. The molecule has 1 aromatic heterocycles. The number of aryl methyl sites for hydroxylation is 1. The fourth-order valence-corrected chi connectivity index (χ4v) is 4.04. The summed E-state index contributed by atoms with van der Waals surface area (Å²) in [7, 11) is 1.36. The molecule has 0 unspecified atom stereocenters. The van der Waals surface area contributed by atoms with Crippen molar-refractivity contribution in [1.82, 2.24) is 0 Å². The van der Waals surface area contributed by atoms with Crippen molar-refractivity contribution in [2.24, 2.45) is 0 Å². The van der Waals surface area contributed by atoms with Crippen LogP contribution in [0.25, 0.3) is 0 Å². The van der Waals surface area contributed by atoms with Gasteiger partial charge in [0.1, 0.15) is 5.00 Å². The van der Waals surface area contributed by atoms with Gasteiger partial charge in [-0.05, 0) is 56.2 Å². The van der Waals surface area contributed by atoms with Crippen LogP contribution in [0.1, 0.15) is 45.0 Å². The summed E-state index contributed by atoms with van der Waals surface area (Å²) in [6.45, 7) is 6.01. The van der Waals surface area contributed by atoms with E-state index in [-0.39, 0.29) is 0 Å². The first-order valence-electron chi connectivity index (χ1n) is 8.46. The van der Waals surface area contributed by atoms with E-state index in [4.69, 9.17) is 21.7 Å². The van der Waals surface area contributed by atoms with E-state index in [0.29, 0.717) is 33.5 Å². The van der Waals surface area contributed by atoms with E-state index in [1.165, 1.54) is 18.4 Å². The van der Waals surface area contributed by atoms with Crippen LogP contribution in [-0.2, 0) is 15.9 Å².